The number of aliphatic hydroxyl groups excluding tert-OH is 1. The molecule has 14 heavy (non-hydrogen) atoms. The molecule has 0 fully saturated rings. The van der Waals surface area contributed by atoms with Crippen LogP contribution in [-0.2, 0) is 0 Å². The molecular weight excluding hydrogens is 174 g/mol. The first kappa shape index (κ1) is 13.9. The zero-order valence-corrected chi connectivity index (χ0v) is 10.3. The first-order valence-corrected chi connectivity index (χ1v) is 6.00. The predicted octanol–water partition coefficient (Wildman–Crippen LogP) is 2.52. The standard InChI is InChI=1S/C12H27NO/c1-5-12(14)8-7-9-13(6-2)10-11(3)4/h11-12,14H,5-10H2,1-4H3. The van der Waals surface area contributed by atoms with E-state index in [9.17, 15) is 5.11 Å². The van der Waals surface area contributed by atoms with E-state index in [0.717, 1.165) is 38.3 Å². The van der Waals surface area contributed by atoms with Crippen molar-refractivity contribution in [2.75, 3.05) is 19.6 Å². The molecule has 0 aromatic heterocycles. The first-order valence-electron chi connectivity index (χ1n) is 6.00. The molecule has 2 heteroatoms. The Morgan fingerprint density at radius 1 is 1.21 bits per heavy atom. The van der Waals surface area contributed by atoms with Crippen molar-refractivity contribution in [1.29, 1.82) is 0 Å². The molecule has 1 atom stereocenters. The van der Waals surface area contributed by atoms with E-state index >= 15 is 0 Å². The molecule has 0 bridgehead atoms. The lowest BCUT2D eigenvalue weighted by molar-refractivity contribution is 0.148. The van der Waals surface area contributed by atoms with Crippen LogP contribution in [0.4, 0.5) is 0 Å². The molecule has 0 aliphatic rings. The van der Waals surface area contributed by atoms with Crippen molar-refractivity contribution in [3.05, 3.63) is 0 Å². The highest BCUT2D eigenvalue weighted by Crippen LogP contribution is 2.04. The van der Waals surface area contributed by atoms with E-state index < -0.39 is 0 Å². The number of nitrogens with zero attached hydrogens (tertiary/aromatic N) is 1. The fourth-order valence-corrected chi connectivity index (χ4v) is 1.65. The van der Waals surface area contributed by atoms with Gasteiger partial charge in [-0.15, -0.1) is 0 Å². The van der Waals surface area contributed by atoms with Gasteiger partial charge in [0, 0.05) is 6.54 Å². The Hall–Kier alpha value is -0.0800. The molecule has 0 aliphatic heterocycles. The fraction of sp³-hybridized carbons (Fsp3) is 1.00. The van der Waals surface area contributed by atoms with Gasteiger partial charge in [-0.3, -0.25) is 0 Å². The van der Waals surface area contributed by atoms with E-state index in [1.54, 1.807) is 0 Å². The van der Waals surface area contributed by atoms with Crippen LogP contribution in [0.25, 0.3) is 0 Å². The molecule has 0 aliphatic carbocycles. The second kappa shape index (κ2) is 8.25. The van der Waals surface area contributed by atoms with Crippen LogP contribution in [0.2, 0.25) is 0 Å². The Morgan fingerprint density at radius 3 is 2.29 bits per heavy atom. The van der Waals surface area contributed by atoms with Gasteiger partial charge in [0.15, 0.2) is 0 Å². The molecule has 1 N–H and O–H groups in total. The molecule has 86 valence electrons. The Bertz CT molecular complexity index is 125. The molecule has 0 rings (SSSR count). The topological polar surface area (TPSA) is 23.5 Å². The van der Waals surface area contributed by atoms with Crippen LogP contribution in [-0.4, -0.2) is 35.7 Å². The summed E-state index contributed by atoms with van der Waals surface area (Å²) in [6.07, 6.45) is 2.87. The van der Waals surface area contributed by atoms with Crippen LogP contribution in [0.3, 0.4) is 0 Å². The predicted molar refractivity (Wildman–Crippen MR) is 62.5 cm³/mol. The summed E-state index contributed by atoms with van der Waals surface area (Å²) in [6.45, 7) is 12.2. The summed E-state index contributed by atoms with van der Waals surface area (Å²) in [5.41, 5.74) is 0. The van der Waals surface area contributed by atoms with Crippen LogP contribution in [0.1, 0.15) is 47.0 Å². The van der Waals surface area contributed by atoms with E-state index in [4.69, 9.17) is 0 Å². The summed E-state index contributed by atoms with van der Waals surface area (Å²) in [4.78, 5) is 2.47. The summed E-state index contributed by atoms with van der Waals surface area (Å²) in [6, 6.07) is 0. The molecule has 0 saturated carbocycles. The lowest BCUT2D eigenvalue weighted by atomic mass is 10.1. The van der Waals surface area contributed by atoms with Crippen molar-refractivity contribution in [2.24, 2.45) is 5.92 Å². The van der Waals surface area contributed by atoms with Crippen LogP contribution in [0.15, 0.2) is 0 Å². The lowest BCUT2D eigenvalue weighted by Gasteiger charge is -2.22. The third-order valence-electron chi connectivity index (χ3n) is 2.55. The SMILES string of the molecule is CCC(O)CCCN(CC)CC(C)C. The van der Waals surface area contributed by atoms with Gasteiger partial charge in [0.2, 0.25) is 0 Å². The quantitative estimate of drug-likeness (QED) is 0.652. The van der Waals surface area contributed by atoms with Crippen molar-refractivity contribution in [3.63, 3.8) is 0 Å². The second-order valence-electron chi connectivity index (χ2n) is 4.49. The largest absolute Gasteiger partial charge is 0.393 e. The van der Waals surface area contributed by atoms with Gasteiger partial charge in [-0.25, -0.2) is 0 Å². The molecule has 2 nitrogen and oxygen atoms in total. The summed E-state index contributed by atoms with van der Waals surface area (Å²) in [7, 11) is 0. The van der Waals surface area contributed by atoms with Crippen LogP contribution in [0, 0.1) is 5.92 Å². The minimum Gasteiger partial charge on any atom is -0.393 e. The van der Waals surface area contributed by atoms with Gasteiger partial charge in [0.1, 0.15) is 0 Å². The third-order valence-corrected chi connectivity index (χ3v) is 2.55. The Morgan fingerprint density at radius 2 is 1.86 bits per heavy atom. The summed E-state index contributed by atoms with van der Waals surface area (Å²) >= 11 is 0. The van der Waals surface area contributed by atoms with Gasteiger partial charge in [0.25, 0.3) is 0 Å². The van der Waals surface area contributed by atoms with Crippen molar-refractivity contribution in [1.82, 2.24) is 4.90 Å². The number of hydrogen-bond donors (Lipinski definition) is 1. The Kier molecular flexibility index (Phi) is 8.20. The first-order chi connectivity index (χ1) is 6.60. The van der Waals surface area contributed by atoms with E-state index in [0.29, 0.717) is 0 Å². The van der Waals surface area contributed by atoms with E-state index in [1.165, 1.54) is 6.54 Å². The van der Waals surface area contributed by atoms with Crippen molar-refractivity contribution < 1.29 is 5.11 Å². The molecular formula is C12H27NO. The highest BCUT2D eigenvalue weighted by atomic mass is 16.3. The smallest absolute Gasteiger partial charge is 0.0538 e. The summed E-state index contributed by atoms with van der Waals surface area (Å²) in [5.74, 6) is 0.742. The lowest BCUT2D eigenvalue weighted by Crippen LogP contribution is -2.29. The van der Waals surface area contributed by atoms with E-state index in [1.807, 2.05) is 6.92 Å². The fourth-order valence-electron chi connectivity index (χ4n) is 1.65. The normalized spacial score (nSPS) is 13.9. The molecule has 0 radical (unpaired) electrons. The van der Waals surface area contributed by atoms with Crippen LogP contribution in [0.5, 0.6) is 0 Å². The monoisotopic (exact) mass is 201 g/mol. The van der Waals surface area contributed by atoms with Gasteiger partial charge < -0.3 is 10.0 Å². The van der Waals surface area contributed by atoms with Crippen molar-refractivity contribution in [3.8, 4) is 0 Å². The molecule has 0 spiro atoms. The zero-order valence-electron chi connectivity index (χ0n) is 10.3. The maximum Gasteiger partial charge on any atom is 0.0538 e. The summed E-state index contributed by atoms with van der Waals surface area (Å²) in [5, 5.41) is 9.41. The molecule has 0 saturated heterocycles. The number of hydrogen-bond acceptors (Lipinski definition) is 2. The Labute approximate surface area is 89.3 Å². The third kappa shape index (κ3) is 7.34. The van der Waals surface area contributed by atoms with Gasteiger partial charge >= 0.3 is 0 Å². The second-order valence-corrected chi connectivity index (χ2v) is 4.49. The van der Waals surface area contributed by atoms with E-state index in [-0.39, 0.29) is 6.10 Å². The van der Waals surface area contributed by atoms with Gasteiger partial charge in [-0.1, -0.05) is 27.7 Å². The maximum atomic E-state index is 9.41. The summed E-state index contributed by atoms with van der Waals surface area (Å²) < 4.78 is 0. The molecule has 0 aromatic rings. The highest BCUT2D eigenvalue weighted by molar-refractivity contribution is 4.60. The molecule has 0 aromatic carbocycles. The van der Waals surface area contributed by atoms with Gasteiger partial charge in [-0.2, -0.15) is 0 Å². The van der Waals surface area contributed by atoms with E-state index in [2.05, 4.69) is 25.7 Å². The number of rotatable bonds is 8. The maximum absolute atomic E-state index is 9.41. The van der Waals surface area contributed by atoms with Crippen LogP contribution >= 0.6 is 0 Å². The minimum absolute atomic E-state index is 0.0900. The number of aliphatic hydroxyl groups is 1. The molecule has 0 heterocycles. The average Bonchev–Trinajstić information content (AvgIpc) is 2.15. The molecule has 1 unspecified atom stereocenters. The van der Waals surface area contributed by atoms with Crippen LogP contribution < -0.4 is 0 Å². The molecule has 0 amide bonds. The van der Waals surface area contributed by atoms with Crippen molar-refractivity contribution >= 4 is 0 Å². The average molecular weight is 201 g/mol. The Balaban J connectivity index is 3.52. The highest BCUT2D eigenvalue weighted by Gasteiger charge is 2.06. The van der Waals surface area contributed by atoms with Gasteiger partial charge in [-0.05, 0) is 38.3 Å². The zero-order chi connectivity index (χ0) is 11.0. The van der Waals surface area contributed by atoms with Crippen molar-refractivity contribution in [2.45, 2.75) is 53.1 Å². The van der Waals surface area contributed by atoms with Gasteiger partial charge in [0.05, 0.1) is 6.10 Å². The minimum atomic E-state index is -0.0900.